The highest BCUT2D eigenvalue weighted by Crippen LogP contribution is 1.97. The van der Waals surface area contributed by atoms with Crippen molar-refractivity contribution in [2.45, 2.75) is 13.3 Å². The lowest BCUT2D eigenvalue weighted by Crippen LogP contribution is -2.39. The van der Waals surface area contributed by atoms with Crippen LogP contribution < -0.4 is 5.69 Å². The fraction of sp³-hybridized carbons (Fsp3) is 0.462. The molecule has 0 saturated carbocycles. The number of hydrogen-bond donors (Lipinski definition) is 1. The van der Waals surface area contributed by atoms with Crippen molar-refractivity contribution in [3.8, 4) is 0 Å². The van der Waals surface area contributed by atoms with Crippen molar-refractivity contribution in [2.24, 2.45) is 0 Å². The van der Waals surface area contributed by atoms with Gasteiger partial charge in [-0.2, -0.15) is 0 Å². The molecule has 0 unspecified atom stereocenters. The van der Waals surface area contributed by atoms with Crippen molar-refractivity contribution in [1.29, 1.82) is 0 Å². The highest BCUT2D eigenvalue weighted by molar-refractivity contribution is 5.80. The van der Waals surface area contributed by atoms with Gasteiger partial charge in [0.05, 0.1) is 13.2 Å². The summed E-state index contributed by atoms with van der Waals surface area (Å²) in [7, 11) is 0. The Kier molecular flexibility index (Phi) is 4.65. The Balaban J connectivity index is 2.22. The zero-order chi connectivity index (χ0) is 14.5. The number of aliphatic hydroxyl groups excluding tert-OH is 1. The Morgan fingerprint density at radius 2 is 2.20 bits per heavy atom. The molecule has 108 valence electrons. The highest BCUT2D eigenvalue weighted by Gasteiger charge is 2.16. The summed E-state index contributed by atoms with van der Waals surface area (Å²) in [5.41, 5.74) is -0.0268. The molecule has 0 aliphatic carbocycles. The van der Waals surface area contributed by atoms with Gasteiger partial charge in [0.2, 0.25) is 0 Å². The first kappa shape index (κ1) is 14.4. The average Bonchev–Trinajstić information content (AvgIpc) is 2.77. The Hall–Kier alpha value is -1.99. The van der Waals surface area contributed by atoms with E-state index in [0.29, 0.717) is 18.7 Å². The SMILES string of the molecule is CCCN(CCO)CC(=O)n1nc2ccccn2c1=O. The summed E-state index contributed by atoms with van der Waals surface area (Å²) in [5, 5.41) is 13.0. The maximum Gasteiger partial charge on any atom is 0.357 e. The zero-order valence-electron chi connectivity index (χ0n) is 11.4. The lowest BCUT2D eigenvalue weighted by molar-refractivity contribution is 0.0812. The van der Waals surface area contributed by atoms with Gasteiger partial charge in [-0.1, -0.05) is 13.0 Å². The van der Waals surface area contributed by atoms with Crippen LogP contribution >= 0.6 is 0 Å². The number of carbonyl (C=O) groups is 1. The number of aliphatic hydroxyl groups is 1. The second-order valence-electron chi connectivity index (χ2n) is 4.52. The van der Waals surface area contributed by atoms with Gasteiger partial charge in [0.15, 0.2) is 5.65 Å². The molecule has 7 nitrogen and oxygen atoms in total. The molecule has 2 aromatic rings. The van der Waals surface area contributed by atoms with Crippen molar-refractivity contribution in [3.05, 3.63) is 34.9 Å². The van der Waals surface area contributed by atoms with Gasteiger partial charge < -0.3 is 5.11 Å². The summed E-state index contributed by atoms with van der Waals surface area (Å²) in [6.07, 6.45) is 2.44. The van der Waals surface area contributed by atoms with E-state index in [1.54, 1.807) is 29.3 Å². The van der Waals surface area contributed by atoms with Crippen molar-refractivity contribution in [3.63, 3.8) is 0 Å². The predicted octanol–water partition coefficient (Wildman–Crippen LogP) is -0.160. The first-order valence-corrected chi connectivity index (χ1v) is 6.60. The predicted molar refractivity (Wildman–Crippen MR) is 73.9 cm³/mol. The molecule has 1 N–H and O–H groups in total. The maximum atomic E-state index is 12.2. The second kappa shape index (κ2) is 6.44. The van der Waals surface area contributed by atoms with Gasteiger partial charge in [0, 0.05) is 12.7 Å². The molecule has 0 spiro atoms. The van der Waals surface area contributed by atoms with E-state index in [9.17, 15) is 9.59 Å². The molecule has 0 fully saturated rings. The quantitative estimate of drug-likeness (QED) is 0.794. The van der Waals surface area contributed by atoms with E-state index in [2.05, 4.69) is 5.10 Å². The van der Waals surface area contributed by atoms with Crippen molar-refractivity contribution in [1.82, 2.24) is 19.1 Å². The molecule has 2 aromatic heterocycles. The molecule has 20 heavy (non-hydrogen) atoms. The maximum absolute atomic E-state index is 12.2. The number of carbonyl (C=O) groups excluding carboxylic acids is 1. The summed E-state index contributed by atoms with van der Waals surface area (Å²) in [5.74, 6) is -0.388. The largest absolute Gasteiger partial charge is 0.395 e. The average molecular weight is 278 g/mol. The van der Waals surface area contributed by atoms with Gasteiger partial charge >= 0.3 is 5.69 Å². The molecule has 0 saturated heterocycles. The van der Waals surface area contributed by atoms with Crippen molar-refractivity contribution >= 4 is 11.6 Å². The number of pyridine rings is 1. The molecule has 0 atom stereocenters. The van der Waals surface area contributed by atoms with Crippen molar-refractivity contribution in [2.75, 3.05) is 26.2 Å². The van der Waals surface area contributed by atoms with Crippen molar-refractivity contribution < 1.29 is 9.90 Å². The van der Waals surface area contributed by atoms with E-state index in [0.717, 1.165) is 11.1 Å². The van der Waals surface area contributed by atoms with Crippen LogP contribution in [0.4, 0.5) is 0 Å². The zero-order valence-corrected chi connectivity index (χ0v) is 11.4. The Bertz CT molecular complexity index is 640. The van der Waals surface area contributed by atoms with E-state index < -0.39 is 5.69 Å². The first-order valence-electron chi connectivity index (χ1n) is 6.60. The molecule has 0 radical (unpaired) electrons. The molecule has 0 amide bonds. The van der Waals surface area contributed by atoms with Crippen LogP contribution in [0.2, 0.25) is 0 Å². The normalized spacial score (nSPS) is 11.3. The van der Waals surface area contributed by atoms with E-state index in [4.69, 9.17) is 5.11 Å². The monoisotopic (exact) mass is 278 g/mol. The molecular formula is C13H18N4O3. The lowest BCUT2D eigenvalue weighted by Gasteiger charge is -2.18. The van der Waals surface area contributed by atoms with E-state index in [1.807, 2.05) is 6.92 Å². The molecule has 2 heterocycles. The molecule has 0 aliphatic heterocycles. The summed E-state index contributed by atoms with van der Waals surface area (Å²) >= 11 is 0. The van der Waals surface area contributed by atoms with Crippen LogP contribution in [0.25, 0.3) is 5.65 Å². The number of rotatable bonds is 6. The Morgan fingerprint density at radius 3 is 2.85 bits per heavy atom. The van der Waals surface area contributed by atoms with Gasteiger partial charge in [-0.25, -0.2) is 9.20 Å². The van der Waals surface area contributed by atoms with E-state index in [-0.39, 0.29) is 19.1 Å². The molecular weight excluding hydrogens is 260 g/mol. The van der Waals surface area contributed by atoms with E-state index in [1.165, 1.54) is 4.40 Å². The minimum Gasteiger partial charge on any atom is -0.395 e. The first-order chi connectivity index (χ1) is 9.67. The van der Waals surface area contributed by atoms with Gasteiger partial charge in [-0.3, -0.25) is 9.69 Å². The summed E-state index contributed by atoms with van der Waals surface area (Å²) in [4.78, 5) is 26.0. The lowest BCUT2D eigenvalue weighted by atomic mass is 10.4. The van der Waals surface area contributed by atoms with Gasteiger partial charge in [0.1, 0.15) is 0 Å². The smallest absolute Gasteiger partial charge is 0.357 e. The van der Waals surface area contributed by atoms with Gasteiger partial charge in [-0.05, 0) is 25.1 Å². The third-order valence-electron chi connectivity index (χ3n) is 2.98. The van der Waals surface area contributed by atoms with Gasteiger partial charge in [0.25, 0.3) is 5.91 Å². The molecule has 0 aliphatic rings. The van der Waals surface area contributed by atoms with E-state index >= 15 is 0 Å². The Labute approximate surface area is 116 Å². The molecule has 0 bridgehead atoms. The van der Waals surface area contributed by atoms with Gasteiger partial charge in [-0.15, -0.1) is 9.78 Å². The number of fused-ring (bicyclic) bond motifs is 1. The third kappa shape index (κ3) is 2.94. The van der Waals surface area contributed by atoms with Crippen LogP contribution in [0.1, 0.15) is 18.1 Å². The van der Waals surface area contributed by atoms with Crippen LogP contribution in [0.15, 0.2) is 29.2 Å². The summed E-state index contributed by atoms with van der Waals surface area (Å²) < 4.78 is 2.21. The molecule has 0 aromatic carbocycles. The number of aromatic nitrogens is 3. The summed E-state index contributed by atoms with van der Waals surface area (Å²) in [6.45, 7) is 3.13. The van der Waals surface area contributed by atoms with Crippen LogP contribution in [0, 0.1) is 0 Å². The highest BCUT2D eigenvalue weighted by atomic mass is 16.3. The fourth-order valence-electron chi connectivity index (χ4n) is 2.07. The number of hydrogen-bond acceptors (Lipinski definition) is 5. The third-order valence-corrected chi connectivity index (χ3v) is 2.98. The minimum atomic E-state index is -0.467. The van der Waals surface area contributed by atoms with Crippen LogP contribution in [0.5, 0.6) is 0 Å². The standard InChI is InChI=1S/C13H18N4O3/c1-2-6-15(8-9-18)10-12(19)17-13(20)16-7-4-3-5-11(16)14-17/h3-5,7,18H,2,6,8-10H2,1H3. The summed E-state index contributed by atoms with van der Waals surface area (Å²) in [6, 6.07) is 5.13. The second-order valence-corrected chi connectivity index (χ2v) is 4.52. The van der Waals surface area contributed by atoms with Crippen LogP contribution in [-0.2, 0) is 0 Å². The minimum absolute atomic E-state index is 0.0205. The molecule has 7 heteroatoms. The molecule has 2 rings (SSSR count). The van der Waals surface area contributed by atoms with Crippen LogP contribution in [0.3, 0.4) is 0 Å². The number of nitrogens with zero attached hydrogens (tertiary/aromatic N) is 4. The fourth-order valence-corrected chi connectivity index (χ4v) is 2.07. The van der Waals surface area contributed by atoms with Crippen LogP contribution in [-0.4, -0.2) is 56.3 Å². The Morgan fingerprint density at radius 1 is 1.40 bits per heavy atom. The topological polar surface area (TPSA) is 79.8 Å².